The summed E-state index contributed by atoms with van der Waals surface area (Å²) in [6.45, 7) is 3.40. The van der Waals surface area contributed by atoms with Gasteiger partial charge in [-0.3, -0.25) is 4.79 Å². The molecule has 7 heteroatoms. The van der Waals surface area contributed by atoms with Crippen LogP contribution in [0, 0.1) is 6.92 Å². The summed E-state index contributed by atoms with van der Waals surface area (Å²) >= 11 is 0. The standard InChI is InChI=1S/C23H30N4O3/c1-15-24-19-7-5-4-6-18(19)22(25-15)26-17-10-12-27(13-11-17)23(28)16-8-9-20(29-2)21(14-16)30-3/h8-9,14,17H,4-7,10-13H2,1-3H3,(H,24,25,26). The number of hydrogen-bond donors (Lipinski definition) is 1. The molecule has 1 saturated heterocycles. The summed E-state index contributed by atoms with van der Waals surface area (Å²) in [7, 11) is 3.17. The van der Waals surface area contributed by atoms with Gasteiger partial charge >= 0.3 is 0 Å². The van der Waals surface area contributed by atoms with Crippen LogP contribution in [0.25, 0.3) is 0 Å². The lowest BCUT2D eigenvalue weighted by Crippen LogP contribution is -2.42. The summed E-state index contributed by atoms with van der Waals surface area (Å²) in [5, 5.41) is 3.66. The first kappa shape index (κ1) is 20.4. The first-order valence-electron chi connectivity index (χ1n) is 10.7. The van der Waals surface area contributed by atoms with Gasteiger partial charge in [0.2, 0.25) is 0 Å². The highest BCUT2D eigenvalue weighted by atomic mass is 16.5. The Kier molecular flexibility index (Phi) is 6.06. The molecule has 1 aliphatic carbocycles. The number of methoxy groups -OCH3 is 2. The van der Waals surface area contributed by atoms with Crippen LogP contribution in [-0.2, 0) is 12.8 Å². The zero-order valence-corrected chi connectivity index (χ0v) is 18.0. The fraction of sp³-hybridized carbons (Fsp3) is 0.522. The van der Waals surface area contributed by atoms with E-state index in [1.54, 1.807) is 32.4 Å². The number of carbonyl (C=O) groups is 1. The first-order valence-corrected chi connectivity index (χ1v) is 10.7. The van der Waals surface area contributed by atoms with Crippen LogP contribution in [0.4, 0.5) is 5.82 Å². The fourth-order valence-electron chi connectivity index (χ4n) is 4.41. The quantitative estimate of drug-likeness (QED) is 0.814. The number of amides is 1. The summed E-state index contributed by atoms with van der Waals surface area (Å²) in [5.41, 5.74) is 3.12. The zero-order chi connectivity index (χ0) is 21.1. The van der Waals surface area contributed by atoms with Gasteiger partial charge < -0.3 is 19.7 Å². The van der Waals surface area contributed by atoms with Crippen LogP contribution in [0.15, 0.2) is 18.2 Å². The maximum Gasteiger partial charge on any atom is 0.253 e. The van der Waals surface area contributed by atoms with E-state index in [0.717, 1.165) is 50.4 Å². The van der Waals surface area contributed by atoms with E-state index >= 15 is 0 Å². The van der Waals surface area contributed by atoms with Crippen LogP contribution in [0.1, 0.15) is 53.1 Å². The monoisotopic (exact) mass is 410 g/mol. The Balaban J connectivity index is 1.40. The third-order valence-electron chi connectivity index (χ3n) is 6.05. The van der Waals surface area contributed by atoms with Gasteiger partial charge in [-0.1, -0.05) is 0 Å². The highest BCUT2D eigenvalue weighted by Crippen LogP contribution is 2.29. The molecule has 2 aromatic rings. The van der Waals surface area contributed by atoms with Crippen molar-refractivity contribution in [2.45, 2.75) is 51.5 Å². The number of nitrogens with one attached hydrogen (secondary N) is 1. The van der Waals surface area contributed by atoms with E-state index in [1.807, 2.05) is 11.8 Å². The van der Waals surface area contributed by atoms with Gasteiger partial charge in [-0.15, -0.1) is 0 Å². The number of benzene rings is 1. The number of piperidine rings is 1. The van der Waals surface area contributed by atoms with Crippen LogP contribution in [0.2, 0.25) is 0 Å². The molecule has 2 aliphatic rings. The number of carbonyl (C=O) groups excluding carboxylic acids is 1. The number of rotatable bonds is 5. The van der Waals surface area contributed by atoms with Crippen molar-refractivity contribution in [3.05, 3.63) is 40.8 Å². The molecular formula is C23H30N4O3. The van der Waals surface area contributed by atoms with E-state index in [-0.39, 0.29) is 5.91 Å². The largest absolute Gasteiger partial charge is 0.493 e. The van der Waals surface area contributed by atoms with E-state index in [1.165, 1.54) is 24.1 Å². The molecule has 2 heterocycles. The van der Waals surface area contributed by atoms with Crippen molar-refractivity contribution in [1.82, 2.24) is 14.9 Å². The zero-order valence-electron chi connectivity index (χ0n) is 18.0. The Bertz CT molecular complexity index is 923. The maximum absolute atomic E-state index is 13.0. The Morgan fingerprint density at radius 3 is 2.53 bits per heavy atom. The number of anilines is 1. The number of hydrogen-bond acceptors (Lipinski definition) is 6. The summed E-state index contributed by atoms with van der Waals surface area (Å²) < 4.78 is 10.6. The van der Waals surface area contributed by atoms with E-state index in [9.17, 15) is 4.79 Å². The lowest BCUT2D eigenvalue weighted by atomic mass is 9.95. The average molecular weight is 411 g/mol. The van der Waals surface area contributed by atoms with Crippen molar-refractivity contribution in [3.8, 4) is 11.5 Å². The van der Waals surface area contributed by atoms with E-state index in [2.05, 4.69) is 15.3 Å². The maximum atomic E-state index is 13.0. The average Bonchev–Trinajstić information content (AvgIpc) is 2.78. The molecule has 160 valence electrons. The van der Waals surface area contributed by atoms with Crippen molar-refractivity contribution >= 4 is 11.7 Å². The molecule has 1 amide bonds. The minimum absolute atomic E-state index is 0.0321. The molecule has 0 saturated carbocycles. The van der Waals surface area contributed by atoms with Gasteiger partial charge in [0.15, 0.2) is 11.5 Å². The molecule has 1 fully saturated rings. The predicted octanol–water partition coefficient (Wildman–Crippen LogP) is 3.40. The lowest BCUT2D eigenvalue weighted by Gasteiger charge is -2.33. The topological polar surface area (TPSA) is 76.6 Å². The van der Waals surface area contributed by atoms with Gasteiger partial charge in [-0.25, -0.2) is 9.97 Å². The lowest BCUT2D eigenvalue weighted by molar-refractivity contribution is 0.0718. The molecule has 0 spiro atoms. The van der Waals surface area contributed by atoms with E-state index in [0.29, 0.717) is 23.1 Å². The minimum atomic E-state index is 0.0321. The van der Waals surface area contributed by atoms with Crippen molar-refractivity contribution in [1.29, 1.82) is 0 Å². The number of nitrogens with zero attached hydrogens (tertiary/aromatic N) is 3. The fourth-order valence-corrected chi connectivity index (χ4v) is 4.41. The first-order chi connectivity index (χ1) is 14.6. The molecule has 1 N–H and O–H groups in total. The number of ether oxygens (including phenoxy) is 2. The second kappa shape index (κ2) is 8.90. The number of aryl methyl sites for hydroxylation is 2. The molecule has 1 aliphatic heterocycles. The summed E-state index contributed by atoms with van der Waals surface area (Å²) in [6, 6.07) is 5.65. The molecular weight excluding hydrogens is 380 g/mol. The molecule has 4 rings (SSSR count). The number of likely N-dealkylation sites (tertiary alicyclic amines) is 1. The smallest absolute Gasteiger partial charge is 0.253 e. The van der Waals surface area contributed by atoms with Gasteiger partial charge in [0.1, 0.15) is 11.6 Å². The third kappa shape index (κ3) is 4.20. The summed E-state index contributed by atoms with van der Waals surface area (Å²) in [4.78, 5) is 24.2. The van der Waals surface area contributed by atoms with Crippen molar-refractivity contribution in [3.63, 3.8) is 0 Å². The van der Waals surface area contributed by atoms with Crippen LogP contribution < -0.4 is 14.8 Å². The van der Waals surface area contributed by atoms with Crippen molar-refractivity contribution in [2.24, 2.45) is 0 Å². The van der Waals surface area contributed by atoms with Gasteiger partial charge in [-0.2, -0.15) is 0 Å². The Labute approximate surface area is 177 Å². The second-order valence-corrected chi connectivity index (χ2v) is 8.03. The van der Waals surface area contributed by atoms with Crippen LogP contribution in [0.3, 0.4) is 0 Å². The van der Waals surface area contributed by atoms with Crippen LogP contribution in [0.5, 0.6) is 11.5 Å². The molecule has 30 heavy (non-hydrogen) atoms. The molecule has 1 aromatic heterocycles. The Hall–Kier alpha value is -2.83. The molecule has 0 unspecified atom stereocenters. The normalized spacial score (nSPS) is 16.7. The predicted molar refractivity (Wildman–Crippen MR) is 116 cm³/mol. The highest BCUT2D eigenvalue weighted by Gasteiger charge is 2.26. The van der Waals surface area contributed by atoms with Crippen LogP contribution in [-0.4, -0.2) is 54.1 Å². The molecule has 0 bridgehead atoms. The molecule has 0 radical (unpaired) electrons. The summed E-state index contributed by atoms with van der Waals surface area (Å²) in [6.07, 6.45) is 6.31. The van der Waals surface area contributed by atoms with Crippen LogP contribution >= 0.6 is 0 Å². The van der Waals surface area contributed by atoms with Crippen molar-refractivity contribution in [2.75, 3.05) is 32.6 Å². The third-order valence-corrected chi connectivity index (χ3v) is 6.05. The van der Waals surface area contributed by atoms with E-state index < -0.39 is 0 Å². The molecule has 1 aromatic carbocycles. The Morgan fingerprint density at radius 1 is 1.07 bits per heavy atom. The van der Waals surface area contributed by atoms with Gasteiger partial charge in [0.25, 0.3) is 5.91 Å². The molecule has 7 nitrogen and oxygen atoms in total. The van der Waals surface area contributed by atoms with Gasteiger partial charge in [-0.05, 0) is 63.6 Å². The summed E-state index contributed by atoms with van der Waals surface area (Å²) in [5.74, 6) is 3.06. The van der Waals surface area contributed by atoms with Crippen molar-refractivity contribution < 1.29 is 14.3 Å². The minimum Gasteiger partial charge on any atom is -0.493 e. The number of aromatic nitrogens is 2. The SMILES string of the molecule is COc1ccc(C(=O)N2CCC(Nc3nc(C)nc4c3CCCC4)CC2)cc1OC. The Morgan fingerprint density at radius 2 is 1.80 bits per heavy atom. The number of fused-ring (bicyclic) bond motifs is 1. The molecule has 0 atom stereocenters. The second-order valence-electron chi connectivity index (χ2n) is 8.03. The highest BCUT2D eigenvalue weighted by molar-refractivity contribution is 5.95. The van der Waals surface area contributed by atoms with Gasteiger partial charge in [0, 0.05) is 36.0 Å². The van der Waals surface area contributed by atoms with Gasteiger partial charge in [0.05, 0.1) is 14.2 Å². The van der Waals surface area contributed by atoms with E-state index in [4.69, 9.17) is 9.47 Å².